The molecule has 0 amide bonds. The molecule has 0 aliphatic carbocycles. The topological polar surface area (TPSA) is 51.6 Å². The van der Waals surface area contributed by atoms with E-state index in [0.29, 0.717) is 24.2 Å². The van der Waals surface area contributed by atoms with Crippen LogP contribution in [0.15, 0.2) is 12.1 Å². The Hall–Kier alpha value is -0.840. The van der Waals surface area contributed by atoms with E-state index in [2.05, 4.69) is 4.98 Å². The molecule has 0 aromatic carbocycles. The zero-order chi connectivity index (χ0) is 10.8. The van der Waals surface area contributed by atoms with Gasteiger partial charge in [-0.25, -0.2) is 4.98 Å². The minimum absolute atomic E-state index is 0.310. The molecule has 5 heteroatoms. The van der Waals surface area contributed by atoms with Gasteiger partial charge in [0.2, 0.25) is 5.88 Å². The van der Waals surface area contributed by atoms with E-state index >= 15 is 0 Å². The lowest BCUT2D eigenvalue weighted by molar-refractivity contribution is 0.0699. The Bertz CT molecular complexity index is 359. The third kappa shape index (κ3) is 2.40. The maximum atomic E-state index is 9.50. The number of aromatic nitrogens is 1. The first-order valence-electron chi connectivity index (χ1n) is 4.72. The van der Waals surface area contributed by atoms with Gasteiger partial charge in [-0.2, -0.15) is 0 Å². The highest BCUT2D eigenvalue weighted by Crippen LogP contribution is 2.21. The summed E-state index contributed by atoms with van der Waals surface area (Å²) in [7, 11) is 0. The number of ether oxygens (including phenoxy) is 2. The Morgan fingerprint density at radius 3 is 3.00 bits per heavy atom. The lowest BCUT2D eigenvalue weighted by atomic mass is 10.2. The Balaban J connectivity index is 2.12. The minimum atomic E-state index is -0.592. The maximum Gasteiger partial charge on any atom is 0.218 e. The van der Waals surface area contributed by atoms with E-state index in [0.717, 1.165) is 5.56 Å². The zero-order valence-electron chi connectivity index (χ0n) is 8.31. The summed E-state index contributed by atoms with van der Waals surface area (Å²) < 4.78 is 10.6. The van der Waals surface area contributed by atoms with Crippen molar-refractivity contribution in [3.63, 3.8) is 0 Å². The standard InChI is InChI=1S/C10H12ClNO3/c1-6-2-3-9(11)12-10(6)15-8-5-14-4-7(8)13/h2-3,7-8,13H,4-5H2,1H3/t7-,8-/m0/s1. The van der Waals surface area contributed by atoms with Crippen LogP contribution in [0.25, 0.3) is 0 Å². The second-order valence-electron chi connectivity index (χ2n) is 3.52. The summed E-state index contributed by atoms with van der Waals surface area (Å²) in [6, 6.07) is 3.53. The second kappa shape index (κ2) is 4.35. The van der Waals surface area contributed by atoms with Gasteiger partial charge in [0.05, 0.1) is 13.2 Å². The van der Waals surface area contributed by atoms with E-state index < -0.39 is 6.10 Å². The molecule has 1 aromatic heterocycles. The fraction of sp³-hybridized carbons (Fsp3) is 0.500. The monoisotopic (exact) mass is 229 g/mol. The van der Waals surface area contributed by atoms with Crippen molar-refractivity contribution < 1.29 is 14.6 Å². The number of hydrogen-bond donors (Lipinski definition) is 1. The van der Waals surface area contributed by atoms with E-state index in [-0.39, 0.29) is 6.10 Å². The molecule has 82 valence electrons. The third-order valence-electron chi connectivity index (χ3n) is 2.28. The van der Waals surface area contributed by atoms with Crippen LogP contribution in [0.1, 0.15) is 5.56 Å². The molecule has 1 aliphatic rings. The number of halogens is 1. The molecule has 0 bridgehead atoms. The highest BCUT2D eigenvalue weighted by atomic mass is 35.5. The fourth-order valence-electron chi connectivity index (χ4n) is 1.39. The van der Waals surface area contributed by atoms with Gasteiger partial charge in [0.25, 0.3) is 0 Å². The molecule has 0 radical (unpaired) electrons. The Morgan fingerprint density at radius 1 is 1.53 bits per heavy atom. The number of aliphatic hydroxyl groups is 1. The predicted octanol–water partition coefficient (Wildman–Crippen LogP) is 1.18. The summed E-state index contributed by atoms with van der Waals surface area (Å²) in [6.07, 6.45) is -0.945. The van der Waals surface area contributed by atoms with E-state index in [9.17, 15) is 5.11 Å². The Labute approximate surface area is 92.8 Å². The lowest BCUT2D eigenvalue weighted by Crippen LogP contribution is -2.30. The van der Waals surface area contributed by atoms with Crippen LogP contribution in [0, 0.1) is 6.92 Å². The van der Waals surface area contributed by atoms with Gasteiger partial charge >= 0.3 is 0 Å². The van der Waals surface area contributed by atoms with Crippen molar-refractivity contribution in [2.45, 2.75) is 19.1 Å². The van der Waals surface area contributed by atoms with Crippen LogP contribution in [0.5, 0.6) is 5.88 Å². The summed E-state index contributed by atoms with van der Waals surface area (Å²) in [5.74, 6) is 0.456. The summed E-state index contributed by atoms with van der Waals surface area (Å²) in [4.78, 5) is 4.05. The van der Waals surface area contributed by atoms with Crippen LogP contribution in [0.2, 0.25) is 5.15 Å². The minimum Gasteiger partial charge on any atom is -0.469 e. The highest BCUT2D eigenvalue weighted by Gasteiger charge is 2.28. The number of aliphatic hydroxyl groups excluding tert-OH is 1. The predicted molar refractivity (Wildman–Crippen MR) is 55.2 cm³/mol. The first kappa shape index (κ1) is 10.7. The fourth-order valence-corrected chi connectivity index (χ4v) is 1.53. The molecule has 2 rings (SSSR count). The van der Waals surface area contributed by atoms with E-state index in [1.165, 1.54) is 0 Å². The van der Waals surface area contributed by atoms with E-state index in [1.54, 1.807) is 6.07 Å². The molecule has 15 heavy (non-hydrogen) atoms. The highest BCUT2D eigenvalue weighted by molar-refractivity contribution is 6.29. The van der Waals surface area contributed by atoms with E-state index in [4.69, 9.17) is 21.1 Å². The Kier molecular flexibility index (Phi) is 3.09. The first-order chi connectivity index (χ1) is 7.16. The van der Waals surface area contributed by atoms with Crippen LogP contribution < -0.4 is 4.74 Å². The van der Waals surface area contributed by atoms with Gasteiger partial charge in [0.1, 0.15) is 11.3 Å². The van der Waals surface area contributed by atoms with Gasteiger partial charge in [-0.3, -0.25) is 0 Å². The molecule has 0 saturated carbocycles. The van der Waals surface area contributed by atoms with Crippen LogP contribution in [0.3, 0.4) is 0 Å². The van der Waals surface area contributed by atoms with Gasteiger partial charge in [-0.15, -0.1) is 0 Å². The summed E-state index contributed by atoms with van der Waals surface area (Å²) in [5, 5.41) is 9.88. The molecule has 4 nitrogen and oxygen atoms in total. The summed E-state index contributed by atoms with van der Waals surface area (Å²) in [5.41, 5.74) is 0.888. The van der Waals surface area contributed by atoms with Crippen molar-refractivity contribution in [1.29, 1.82) is 0 Å². The molecule has 1 aliphatic heterocycles. The molecule has 2 heterocycles. The molecule has 1 N–H and O–H groups in total. The van der Waals surface area contributed by atoms with Crippen LogP contribution >= 0.6 is 11.6 Å². The van der Waals surface area contributed by atoms with Gasteiger partial charge in [0.15, 0.2) is 6.10 Å². The molecule has 2 atom stereocenters. The quantitative estimate of drug-likeness (QED) is 0.774. The molecular weight excluding hydrogens is 218 g/mol. The van der Waals surface area contributed by atoms with Gasteiger partial charge < -0.3 is 14.6 Å². The van der Waals surface area contributed by atoms with Crippen molar-refractivity contribution in [2.75, 3.05) is 13.2 Å². The third-order valence-corrected chi connectivity index (χ3v) is 2.49. The van der Waals surface area contributed by atoms with Gasteiger partial charge in [-0.1, -0.05) is 17.7 Å². The van der Waals surface area contributed by atoms with Crippen LogP contribution in [-0.4, -0.2) is 35.5 Å². The number of nitrogens with zero attached hydrogens (tertiary/aromatic N) is 1. The summed E-state index contributed by atoms with van der Waals surface area (Å²) >= 11 is 5.75. The zero-order valence-corrected chi connectivity index (χ0v) is 9.07. The number of rotatable bonds is 2. The van der Waals surface area contributed by atoms with E-state index in [1.807, 2.05) is 13.0 Å². The normalized spacial score (nSPS) is 25.5. The molecule has 0 unspecified atom stereocenters. The van der Waals surface area contributed by atoms with Gasteiger partial charge in [-0.05, 0) is 13.0 Å². The average Bonchev–Trinajstić information content (AvgIpc) is 2.58. The molecular formula is C10H12ClNO3. The largest absolute Gasteiger partial charge is 0.469 e. The SMILES string of the molecule is Cc1ccc(Cl)nc1O[C@H]1COC[C@@H]1O. The molecule has 1 saturated heterocycles. The second-order valence-corrected chi connectivity index (χ2v) is 3.90. The van der Waals surface area contributed by atoms with Gasteiger partial charge in [0, 0.05) is 5.56 Å². The number of aryl methyl sites for hydroxylation is 1. The number of pyridine rings is 1. The van der Waals surface area contributed by atoms with Crippen LogP contribution in [0.4, 0.5) is 0 Å². The van der Waals surface area contributed by atoms with Crippen molar-refractivity contribution in [2.24, 2.45) is 0 Å². The maximum absolute atomic E-state index is 9.50. The van der Waals surface area contributed by atoms with Crippen molar-refractivity contribution in [3.05, 3.63) is 22.8 Å². The first-order valence-corrected chi connectivity index (χ1v) is 5.10. The molecule has 1 fully saturated rings. The number of hydrogen-bond acceptors (Lipinski definition) is 4. The van der Waals surface area contributed by atoms with Crippen molar-refractivity contribution >= 4 is 11.6 Å². The smallest absolute Gasteiger partial charge is 0.218 e. The average molecular weight is 230 g/mol. The van der Waals surface area contributed by atoms with Crippen molar-refractivity contribution in [3.8, 4) is 5.88 Å². The summed E-state index contributed by atoms with van der Waals surface area (Å²) in [6.45, 7) is 2.57. The van der Waals surface area contributed by atoms with Crippen molar-refractivity contribution in [1.82, 2.24) is 4.98 Å². The van der Waals surface area contributed by atoms with Crippen LogP contribution in [-0.2, 0) is 4.74 Å². The Morgan fingerprint density at radius 2 is 2.33 bits per heavy atom. The molecule has 1 aromatic rings. The molecule has 0 spiro atoms. The lowest BCUT2D eigenvalue weighted by Gasteiger charge is -2.15.